The van der Waals surface area contributed by atoms with Crippen LogP contribution in [0.1, 0.15) is 6.92 Å². The standard InChI is InChI=1S/C3H5Te/c1-2-3-4/h2-3H,1H3. The van der Waals surface area contributed by atoms with Crippen LogP contribution in [0, 0.1) is 0 Å². The van der Waals surface area contributed by atoms with E-state index in [1.165, 1.54) is 0 Å². The van der Waals surface area contributed by atoms with Crippen molar-refractivity contribution in [3.05, 3.63) is 10.2 Å². The predicted octanol–water partition coefficient (Wildman–Crippen LogP) is 0.689. The van der Waals surface area contributed by atoms with Crippen molar-refractivity contribution in [3.8, 4) is 0 Å². The van der Waals surface area contributed by atoms with Gasteiger partial charge in [0.05, 0.1) is 0 Å². The summed E-state index contributed by atoms with van der Waals surface area (Å²) in [6.07, 6.45) is 2.00. The maximum atomic E-state index is 2.01. The first-order valence-electron chi connectivity index (χ1n) is 1.15. The van der Waals surface area contributed by atoms with Crippen molar-refractivity contribution in [1.29, 1.82) is 0 Å². The molecule has 0 aliphatic carbocycles. The predicted molar refractivity (Wildman–Crippen MR) is 20.6 cm³/mol. The number of hydrogen-bond acceptors (Lipinski definition) is 0. The third-order valence-corrected chi connectivity index (χ3v) is 0.913. The van der Waals surface area contributed by atoms with E-state index in [9.17, 15) is 0 Å². The molecule has 0 aliphatic heterocycles. The Bertz CT molecular complexity index is 18.5. The summed E-state index contributed by atoms with van der Waals surface area (Å²) in [7, 11) is 0. The summed E-state index contributed by atoms with van der Waals surface area (Å²) in [4.78, 5) is 0. The van der Waals surface area contributed by atoms with Gasteiger partial charge in [0.2, 0.25) is 0 Å². The van der Waals surface area contributed by atoms with Crippen molar-refractivity contribution in [2.24, 2.45) is 0 Å². The molecule has 0 saturated heterocycles. The SMILES string of the molecule is CC=C[Te]. The molecule has 0 rings (SSSR count). The van der Waals surface area contributed by atoms with Crippen LogP contribution in [0.4, 0.5) is 0 Å². The molecule has 0 aliphatic rings. The van der Waals surface area contributed by atoms with Crippen molar-refractivity contribution in [3.63, 3.8) is 0 Å². The van der Waals surface area contributed by atoms with Crippen LogP contribution >= 0.6 is 0 Å². The van der Waals surface area contributed by atoms with E-state index in [2.05, 4.69) is 0 Å². The fourth-order valence-electron chi connectivity index (χ4n) is 0. The van der Waals surface area contributed by atoms with Crippen LogP contribution in [0.25, 0.3) is 0 Å². The number of rotatable bonds is 0. The summed E-state index contributed by atoms with van der Waals surface area (Å²) in [5, 5.41) is 0. The van der Waals surface area contributed by atoms with Gasteiger partial charge in [-0.1, -0.05) is 0 Å². The van der Waals surface area contributed by atoms with E-state index < -0.39 is 0 Å². The second-order valence-corrected chi connectivity index (χ2v) is 1.25. The molecule has 0 aromatic rings. The van der Waals surface area contributed by atoms with Gasteiger partial charge < -0.3 is 0 Å². The van der Waals surface area contributed by atoms with Gasteiger partial charge >= 0.3 is 39.4 Å². The second-order valence-electron chi connectivity index (χ2n) is 0.469. The van der Waals surface area contributed by atoms with Gasteiger partial charge in [-0.05, 0) is 0 Å². The van der Waals surface area contributed by atoms with Crippen LogP contribution in [0.5, 0.6) is 0 Å². The molecule has 0 unspecified atom stereocenters. The molecule has 0 nitrogen and oxygen atoms in total. The third-order valence-electron chi connectivity index (χ3n) is 0.136. The van der Waals surface area contributed by atoms with Gasteiger partial charge in [0.1, 0.15) is 0 Å². The van der Waals surface area contributed by atoms with Crippen molar-refractivity contribution in [1.82, 2.24) is 0 Å². The van der Waals surface area contributed by atoms with Gasteiger partial charge in [-0.2, -0.15) is 0 Å². The quantitative estimate of drug-likeness (QED) is 0.467. The summed E-state index contributed by atoms with van der Waals surface area (Å²) in [5.41, 5.74) is 0. The Hall–Kier alpha value is 0.530. The van der Waals surface area contributed by atoms with Gasteiger partial charge in [-0.15, -0.1) is 0 Å². The van der Waals surface area contributed by atoms with Gasteiger partial charge in [0.15, 0.2) is 0 Å². The topological polar surface area (TPSA) is 0 Å². The van der Waals surface area contributed by atoms with E-state index in [0.29, 0.717) is 0 Å². The van der Waals surface area contributed by atoms with E-state index in [1.807, 2.05) is 39.4 Å². The molecule has 0 amide bonds. The number of hydrogen-bond donors (Lipinski definition) is 0. The zero-order valence-corrected chi connectivity index (χ0v) is 4.89. The minimum absolute atomic E-state index is 1.94. The Morgan fingerprint density at radius 3 is 2.00 bits per heavy atom. The van der Waals surface area contributed by atoms with Crippen LogP contribution in [0.2, 0.25) is 0 Å². The van der Waals surface area contributed by atoms with Crippen molar-refractivity contribution in [2.45, 2.75) is 6.92 Å². The van der Waals surface area contributed by atoms with Gasteiger partial charge in [0.25, 0.3) is 0 Å². The molecule has 1 heteroatoms. The molecule has 0 N–H and O–H groups in total. The van der Waals surface area contributed by atoms with E-state index in [0.717, 1.165) is 0 Å². The second kappa shape index (κ2) is 3.53. The summed E-state index contributed by atoms with van der Waals surface area (Å²) in [5.74, 6) is 0. The minimum atomic E-state index is 1.94. The summed E-state index contributed by atoms with van der Waals surface area (Å²) < 4.78 is 2.01. The molecule has 0 bridgehead atoms. The summed E-state index contributed by atoms with van der Waals surface area (Å²) in [6.45, 7) is 2.00. The molecular formula is C3H5Te. The van der Waals surface area contributed by atoms with Gasteiger partial charge in [-0.25, -0.2) is 0 Å². The Balaban J connectivity index is 2.55. The molecule has 0 fully saturated rings. The first kappa shape index (κ1) is 4.53. The molecule has 0 heterocycles. The molecular weight excluding hydrogens is 164 g/mol. The third kappa shape index (κ3) is 2.53. The molecule has 0 spiro atoms. The van der Waals surface area contributed by atoms with E-state index >= 15 is 0 Å². The van der Waals surface area contributed by atoms with E-state index in [1.54, 1.807) is 0 Å². The van der Waals surface area contributed by atoms with Crippen molar-refractivity contribution < 1.29 is 0 Å². The first-order valence-corrected chi connectivity index (χ1v) is 2.49. The zero-order chi connectivity index (χ0) is 3.41. The van der Waals surface area contributed by atoms with Gasteiger partial charge in [-0.3, -0.25) is 0 Å². The average molecular weight is 169 g/mol. The Kier molecular flexibility index (Phi) is 4.00. The molecule has 1 radical (unpaired) electrons. The van der Waals surface area contributed by atoms with Crippen LogP contribution in [0.15, 0.2) is 10.2 Å². The molecule has 4 heavy (non-hydrogen) atoms. The molecule has 0 atom stereocenters. The Morgan fingerprint density at radius 2 is 2.00 bits per heavy atom. The molecule has 0 aromatic heterocycles. The normalized spacial score (nSPS) is 9.25. The van der Waals surface area contributed by atoms with Crippen molar-refractivity contribution >= 4 is 22.3 Å². The van der Waals surface area contributed by atoms with Crippen LogP contribution in [-0.4, -0.2) is 22.3 Å². The molecule has 0 saturated carbocycles. The van der Waals surface area contributed by atoms with Crippen molar-refractivity contribution in [2.75, 3.05) is 0 Å². The van der Waals surface area contributed by atoms with Crippen LogP contribution < -0.4 is 0 Å². The first-order chi connectivity index (χ1) is 1.91. The zero-order valence-electron chi connectivity index (χ0n) is 2.56. The van der Waals surface area contributed by atoms with E-state index in [-0.39, 0.29) is 0 Å². The molecule has 0 aromatic carbocycles. The summed E-state index contributed by atoms with van der Waals surface area (Å²) >= 11 is 1.94. The number of allylic oxidation sites excluding steroid dienone is 1. The Morgan fingerprint density at radius 1 is 1.75 bits per heavy atom. The van der Waals surface area contributed by atoms with Gasteiger partial charge in [0, 0.05) is 0 Å². The maximum absolute atomic E-state index is 2.01. The fourth-order valence-corrected chi connectivity index (χ4v) is 0. The van der Waals surface area contributed by atoms with Crippen LogP contribution in [0.3, 0.4) is 0 Å². The monoisotopic (exact) mass is 171 g/mol. The fraction of sp³-hybridized carbons (Fsp3) is 0.333. The summed E-state index contributed by atoms with van der Waals surface area (Å²) in [6, 6.07) is 0. The van der Waals surface area contributed by atoms with Crippen LogP contribution in [-0.2, 0) is 0 Å². The van der Waals surface area contributed by atoms with E-state index in [4.69, 9.17) is 0 Å². The Labute approximate surface area is 39.8 Å². The molecule has 23 valence electrons. The average Bonchev–Trinajstić information content (AvgIpc) is 1.37.